The number of aromatic nitrogens is 2. The average molecular weight is 270 g/mol. The van der Waals surface area contributed by atoms with Crippen molar-refractivity contribution in [3.63, 3.8) is 0 Å². The Morgan fingerprint density at radius 2 is 2.35 bits per heavy atom. The predicted octanol–water partition coefficient (Wildman–Crippen LogP) is 1.71. The molecule has 5 nitrogen and oxygen atoms in total. The van der Waals surface area contributed by atoms with E-state index < -0.39 is 0 Å². The molecule has 5 heteroatoms. The third-order valence-corrected chi connectivity index (χ3v) is 3.65. The van der Waals surface area contributed by atoms with Crippen LogP contribution in [0.15, 0.2) is 30.5 Å². The number of rotatable bonds is 3. The van der Waals surface area contributed by atoms with Crippen LogP contribution in [0.5, 0.6) is 0 Å². The van der Waals surface area contributed by atoms with Gasteiger partial charge in [-0.15, -0.1) is 0 Å². The monoisotopic (exact) mass is 270 g/mol. The number of amides is 1. The normalized spacial score (nSPS) is 13.4. The quantitative estimate of drug-likeness (QED) is 0.892. The molecule has 0 atom stereocenters. The second-order valence-corrected chi connectivity index (χ2v) is 5.00. The molecule has 0 spiro atoms. The minimum Gasteiger partial charge on any atom is -0.385 e. The second kappa shape index (κ2) is 5.36. The van der Waals surface area contributed by atoms with Crippen molar-refractivity contribution in [2.45, 2.75) is 19.4 Å². The molecule has 0 bridgehead atoms. The number of carbonyl (C=O) groups excluding carboxylic acids is 1. The molecular formula is C15H18N4O. The third-order valence-electron chi connectivity index (χ3n) is 3.65. The number of aryl methyl sites for hydroxylation is 2. The molecule has 0 radical (unpaired) electrons. The molecule has 1 aliphatic rings. The van der Waals surface area contributed by atoms with Gasteiger partial charge in [-0.25, -0.2) is 0 Å². The molecule has 2 heterocycles. The Morgan fingerprint density at radius 3 is 3.15 bits per heavy atom. The zero-order chi connectivity index (χ0) is 13.9. The van der Waals surface area contributed by atoms with E-state index in [1.54, 1.807) is 24.0 Å². The molecule has 1 aromatic heterocycles. The molecule has 1 aliphatic heterocycles. The van der Waals surface area contributed by atoms with E-state index in [1.807, 2.05) is 0 Å². The van der Waals surface area contributed by atoms with E-state index in [-0.39, 0.29) is 5.91 Å². The van der Waals surface area contributed by atoms with Crippen molar-refractivity contribution in [3.8, 4) is 0 Å². The summed E-state index contributed by atoms with van der Waals surface area (Å²) in [4.78, 5) is 12.1. The molecule has 0 saturated heterocycles. The number of benzene rings is 1. The first-order valence-electron chi connectivity index (χ1n) is 6.86. The first-order chi connectivity index (χ1) is 9.75. The van der Waals surface area contributed by atoms with Crippen molar-refractivity contribution in [1.82, 2.24) is 15.1 Å². The van der Waals surface area contributed by atoms with E-state index >= 15 is 0 Å². The van der Waals surface area contributed by atoms with Crippen LogP contribution in [-0.2, 0) is 20.0 Å². The zero-order valence-electron chi connectivity index (χ0n) is 11.5. The predicted molar refractivity (Wildman–Crippen MR) is 77.6 cm³/mol. The van der Waals surface area contributed by atoms with Crippen molar-refractivity contribution in [1.29, 1.82) is 0 Å². The fourth-order valence-electron chi connectivity index (χ4n) is 2.59. The molecule has 20 heavy (non-hydrogen) atoms. The van der Waals surface area contributed by atoms with Crippen LogP contribution in [0.1, 0.15) is 28.0 Å². The van der Waals surface area contributed by atoms with Crippen molar-refractivity contribution >= 4 is 11.6 Å². The van der Waals surface area contributed by atoms with Crippen LogP contribution in [0.4, 0.5) is 5.69 Å². The van der Waals surface area contributed by atoms with E-state index in [1.165, 1.54) is 11.3 Å². The molecule has 1 aromatic carbocycles. The van der Waals surface area contributed by atoms with Gasteiger partial charge in [-0.1, -0.05) is 18.2 Å². The maximum atomic E-state index is 12.1. The van der Waals surface area contributed by atoms with E-state index in [4.69, 9.17) is 0 Å². The highest BCUT2D eigenvalue weighted by Crippen LogP contribution is 2.25. The van der Waals surface area contributed by atoms with Gasteiger partial charge in [0.1, 0.15) is 5.69 Å². The molecule has 0 fully saturated rings. The Labute approximate surface area is 118 Å². The highest BCUT2D eigenvalue weighted by atomic mass is 16.2. The Morgan fingerprint density at radius 1 is 1.45 bits per heavy atom. The van der Waals surface area contributed by atoms with E-state index in [2.05, 4.69) is 33.9 Å². The van der Waals surface area contributed by atoms with Crippen LogP contribution in [0.25, 0.3) is 0 Å². The van der Waals surface area contributed by atoms with Gasteiger partial charge in [0.05, 0.1) is 0 Å². The number of para-hydroxylation sites is 1. The maximum absolute atomic E-state index is 12.1. The lowest BCUT2D eigenvalue weighted by Crippen LogP contribution is -2.26. The van der Waals surface area contributed by atoms with Crippen LogP contribution in [0.3, 0.4) is 0 Å². The lowest BCUT2D eigenvalue weighted by atomic mass is 9.99. The smallest absolute Gasteiger partial charge is 0.269 e. The molecule has 0 aliphatic carbocycles. The summed E-state index contributed by atoms with van der Waals surface area (Å²) >= 11 is 0. The van der Waals surface area contributed by atoms with Crippen LogP contribution in [0.2, 0.25) is 0 Å². The number of anilines is 1. The summed E-state index contributed by atoms with van der Waals surface area (Å²) < 4.78 is 1.58. The number of fused-ring (bicyclic) bond motifs is 1. The van der Waals surface area contributed by atoms with E-state index in [0.717, 1.165) is 24.9 Å². The van der Waals surface area contributed by atoms with Crippen LogP contribution in [0, 0.1) is 0 Å². The SMILES string of the molecule is Cn1nccc1C(=O)NCc1cccc2c1NCCC2. The number of nitrogens with zero attached hydrogens (tertiary/aromatic N) is 2. The minimum absolute atomic E-state index is 0.0987. The van der Waals surface area contributed by atoms with Gasteiger partial charge in [-0.3, -0.25) is 9.48 Å². The Bertz CT molecular complexity index is 633. The van der Waals surface area contributed by atoms with E-state index in [9.17, 15) is 4.79 Å². The Kier molecular flexibility index (Phi) is 3.41. The molecule has 2 aromatic rings. The number of hydrogen-bond donors (Lipinski definition) is 2. The van der Waals surface area contributed by atoms with Crippen LogP contribution in [-0.4, -0.2) is 22.2 Å². The molecule has 3 rings (SSSR count). The van der Waals surface area contributed by atoms with Crippen molar-refractivity contribution in [3.05, 3.63) is 47.3 Å². The fraction of sp³-hybridized carbons (Fsp3) is 0.333. The average Bonchev–Trinajstić information content (AvgIpc) is 2.91. The van der Waals surface area contributed by atoms with Gasteiger partial charge >= 0.3 is 0 Å². The summed E-state index contributed by atoms with van der Waals surface area (Å²) in [6.45, 7) is 1.53. The highest BCUT2D eigenvalue weighted by molar-refractivity contribution is 5.92. The Hall–Kier alpha value is -2.30. The summed E-state index contributed by atoms with van der Waals surface area (Å²) in [6, 6.07) is 7.97. The summed E-state index contributed by atoms with van der Waals surface area (Å²) in [6.07, 6.45) is 3.89. The molecule has 104 valence electrons. The standard InChI is InChI=1S/C15H18N4O/c1-19-13(7-9-18-19)15(20)17-10-12-5-2-4-11-6-3-8-16-14(11)12/h2,4-5,7,9,16H,3,6,8,10H2,1H3,(H,17,20). The van der Waals surface area contributed by atoms with Gasteiger partial charge in [0, 0.05) is 32.0 Å². The number of carbonyl (C=O) groups is 1. The van der Waals surface area contributed by atoms with Gasteiger partial charge in [0.25, 0.3) is 5.91 Å². The molecular weight excluding hydrogens is 252 g/mol. The zero-order valence-corrected chi connectivity index (χ0v) is 11.5. The minimum atomic E-state index is -0.0987. The fourth-order valence-corrected chi connectivity index (χ4v) is 2.59. The summed E-state index contributed by atoms with van der Waals surface area (Å²) in [5, 5.41) is 10.4. The maximum Gasteiger partial charge on any atom is 0.269 e. The first kappa shape index (κ1) is 12.7. The molecule has 2 N–H and O–H groups in total. The van der Waals surface area contributed by atoms with Crippen molar-refractivity contribution in [2.24, 2.45) is 7.05 Å². The van der Waals surface area contributed by atoms with E-state index in [0.29, 0.717) is 12.2 Å². The summed E-state index contributed by atoms with van der Waals surface area (Å²) in [5.74, 6) is -0.0987. The third kappa shape index (κ3) is 2.39. The summed E-state index contributed by atoms with van der Waals surface area (Å²) in [7, 11) is 1.76. The highest BCUT2D eigenvalue weighted by Gasteiger charge is 2.14. The Balaban J connectivity index is 1.73. The van der Waals surface area contributed by atoms with Gasteiger partial charge in [-0.05, 0) is 30.0 Å². The summed E-state index contributed by atoms with van der Waals surface area (Å²) in [5.41, 5.74) is 4.23. The number of hydrogen-bond acceptors (Lipinski definition) is 3. The van der Waals surface area contributed by atoms with Gasteiger partial charge in [-0.2, -0.15) is 5.10 Å². The van der Waals surface area contributed by atoms with Crippen LogP contribution >= 0.6 is 0 Å². The lowest BCUT2D eigenvalue weighted by molar-refractivity contribution is 0.0941. The van der Waals surface area contributed by atoms with Gasteiger partial charge in [0.2, 0.25) is 0 Å². The largest absolute Gasteiger partial charge is 0.385 e. The topological polar surface area (TPSA) is 59.0 Å². The first-order valence-corrected chi connectivity index (χ1v) is 6.86. The van der Waals surface area contributed by atoms with Crippen molar-refractivity contribution in [2.75, 3.05) is 11.9 Å². The van der Waals surface area contributed by atoms with Gasteiger partial charge < -0.3 is 10.6 Å². The molecule has 0 unspecified atom stereocenters. The number of nitrogens with one attached hydrogen (secondary N) is 2. The lowest BCUT2D eigenvalue weighted by Gasteiger charge is -2.21. The van der Waals surface area contributed by atoms with Crippen molar-refractivity contribution < 1.29 is 4.79 Å². The van der Waals surface area contributed by atoms with Gasteiger partial charge in [0.15, 0.2) is 0 Å². The second-order valence-electron chi connectivity index (χ2n) is 5.00. The molecule has 0 saturated carbocycles. The molecule has 1 amide bonds. The van der Waals surface area contributed by atoms with Crippen LogP contribution < -0.4 is 10.6 Å².